The number of aromatic nitrogens is 1. The van der Waals surface area contributed by atoms with Gasteiger partial charge in [0, 0.05) is 18.4 Å². The third-order valence-corrected chi connectivity index (χ3v) is 4.31. The lowest BCUT2D eigenvalue weighted by atomic mass is 9.90. The number of unbranched alkanes of at least 4 members (excludes halogenated alkanes) is 1. The molecule has 0 radical (unpaired) electrons. The molecule has 1 aliphatic rings. The van der Waals surface area contributed by atoms with Crippen LogP contribution in [0, 0.1) is 0 Å². The summed E-state index contributed by atoms with van der Waals surface area (Å²) < 4.78 is 0. The van der Waals surface area contributed by atoms with E-state index < -0.39 is 0 Å². The van der Waals surface area contributed by atoms with Crippen LogP contribution in [0.2, 0.25) is 0 Å². The summed E-state index contributed by atoms with van der Waals surface area (Å²) in [5.74, 6) is 0. The molecular formula is C18H29N5. The van der Waals surface area contributed by atoms with Crippen molar-refractivity contribution in [2.45, 2.75) is 38.1 Å². The molecule has 1 atom stereocenters. The zero-order chi connectivity index (χ0) is 16.5. The van der Waals surface area contributed by atoms with E-state index in [1.54, 1.807) is 6.08 Å². The van der Waals surface area contributed by atoms with Crippen LogP contribution in [-0.4, -0.2) is 29.5 Å². The van der Waals surface area contributed by atoms with Crippen LogP contribution in [0.4, 0.5) is 0 Å². The largest absolute Gasteiger partial charge is 0.405 e. The van der Waals surface area contributed by atoms with Crippen LogP contribution in [0.25, 0.3) is 0 Å². The predicted octanol–water partition coefficient (Wildman–Crippen LogP) is 1.81. The minimum atomic E-state index is 0.339. The van der Waals surface area contributed by atoms with E-state index in [0.29, 0.717) is 6.04 Å². The van der Waals surface area contributed by atoms with Gasteiger partial charge in [0.05, 0.1) is 11.7 Å². The SMILES string of the molecule is N/C=C\C=C(/N)CN(CCCCN)C1CCCc2cccnc21. The summed E-state index contributed by atoms with van der Waals surface area (Å²) in [6, 6.07) is 4.56. The Morgan fingerprint density at radius 1 is 1.39 bits per heavy atom. The van der Waals surface area contributed by atoms with Crippen LogP contribution in [0.1, 0.15) is 43.0 Å². The number of rotatable bonds is 8. The summed E-state index contributed by atoms with van der Waals surface area (Å²) in [5, 5.41) is 0. The molecule has 5 nitrogen and oxygen atoms in total. The number of nitrogens with two attached hydrogens (primary N) is 3. The minimum Gasteiger partial charge on any atom is -0.405 e. The lowest BCUT2D eigenvalue weighted by Crippen LogP contribution is -2.36. The fourth-order valence-corrected chi connectivity index (χ4v) is 3.21. The number of hydrogen-bond donors (Lipinski definition) is 3. The van der Waals surface area contributed by atoms with Crippen molar-refractivity contribution >= 4 is 0 Å². The molecular weight excluding hydrogens is 286 g/mol. The summed E-state index contributed by atoms with van der Waals surface area (Å²) in [4.78, 5) is 7.10. The molecule has 0 aromatic carbocycles. The standard InChI is InChI=1S/C18H29N5/c19-10-1-2-13-23(14-16(21)8-4-11-20)17-9-3-6-15-7-5-12-22-18(15)17/h4-5,7-8,11-12,17H,1-3,6,9-10,13-14,19-21H2/b11-4-,16-8-. The smallest absolute Gasteiger partial charge is 0.0607 e. The van der Waals surface area contributed by atoms with Gasteiger partial charge < -0.3 is 17.2 Å². The van der Waals surface area contributed by atoms with Crippen LogP contribution in [0.3, 0.4) is 0 Å². The van der Waals surface area contributed by atoms with Gasteiger partial charge in [0.15, 0.2) is 0 Å². The summed E-state index contributed by atoms with van der Waals surface area (Å²) in [6.07, 6.45) is 12.6. The number of nitrogens with zero attached hydrogens (tertiary/aromatic N) is 2. The third-order valence-electron chi connectivity index (χ3n) is 4.31. The quantitative estimate of drug-likeness (QED) is 0.502. The summed E-state index contributed by atoms with van der Waals surface area (Å²) in [7, 11) is 0. The maximum absolute atomic E-state index is 6.16. The molecule has 1 unspecified atom stereocenters. The molecule has 23 heavy (non-hydrogen) atoms. The summed E-state index contributed by atoms with van der Waals surface area (Å²) >= 11 is 0. The second-order valence-corrected chi connectivity index (χ2v) is 6.05. The molecule has 6 N–H and O–H groups in total. The Morgan fingerprint density at radius 3 is 3.04 bits per heavy atom. The number of allylic oxidation sites excluding steroid dienone is 2. The number of fused-ring (bicyclic) bond motifs is 1. The average Bonchev–Trinajstić information content (AvgIpc) is 2.59. The Balaban J connectivity index is 2.16. The van der Waals surface area contributed by atoms with E-state index in [2.05, 4.69) is 16.0 Å². The van der Waals surface area contributed by atoms with Gasteiger partial charge in [-0.25, -0.2) is 0 Å². The monoisotopic (exact) mass is 315 g/mol. The normalized spacial score (nSPS) is 18.5. The van der Waals surface area contributed by atoms with E-state index in [1.165, 1.54) is 23.9 Å². The van der Waals surface area contributed by atoms with Gasteiger partial charge in [-0.05, 0) is 75.2 Å². The Bertz CT molecular complexity index is 538. The van der Waals surface area contributed by atoms with E-state index in [9.17, 15) is 0 Å². The molecule has 0 spiro atoms. The highest BCUT2D eigenvalue weighted by molar-refractivity contribution is 5.26. The summed E-state index contributed by atoms with van der Waals surface area (Å²) in [6.45, 7) is 2.45. The molecule has 1 aliphatic carbocycles. The first-order valence-electron chi connectivity index (χ1n) is 8.47. The molecule has 1 aromatic rings. The van der Waals surface area contributed by atoms with Crippen molar-refractivity contribution in [3.05, 3.63) is 53.6 Å². The first-order chi connectivity index (χ1) is 11.3. The van der Waals surface area contributed by atoms with E-state index in [4.69, 9.17) is 17.2 Å². The van der Waals surface area contributed by atoms with Crippen LogP contribution < -0.4 is 17.2 Å². The van der Waals surface area contributed by atoms with Gasteiger partial charge in [-0.15, -0.1) is 0 Å². The van der Waals surface area contributed by atoms with E-state index in [0.717, 1.165) is 51.0 Å². The third kappa shape index (κ3) is 5.08. The number of pyridine rings is 1. The van der Waals surface area contributed by atoms with Gasteiger partial charge in [0.1, 0.15) is 0 Å². The Morgan fingerprint density at radius 2 is 2.26 bits per heavy atom. The maximum atomic E-state index is 6.16. The highest BCUT2D eigenvalue weighted by Crippen LogP contribution is 2.33. The van der Waals surface area contributed by atoms with Crippen molar-refractivity contribution in [2.75, 3.05) is 19.6 Å². The molecule has 0 bridgehead atoms. The fourth-order valence-electron chi connectivity index (χ4n) is 3.21. The zero-order valence-corrected chi connectivity index (χ0v) is 13.8. The molecule has 0 saturated carbocycles. The van der Waals surface area contributed by atoms with E-state index >= 15 is 0 Å². The lowest BCUT2D eigenvalue weighted by molar-refractivity contribution is 0.186. The zero-order valence-electron chi connectivity index (χ0n) is 13.8. The van der Waals surface area contributed by atoms with Crippen LogP contribution >= 0.6 is 0 Å². The van der Waals surface area contributed by atoms with Gasteiger partial charge in [-0.3, -0.25) is 9.88 Å². The highest BCUT2D eigenvalue weighted by atomic mass is 15.2. The minimum absolute atomic E-state index is 0.339. The van der Waals surface area contributed by atoms with Gasteiger partial charge in [0.2, 0.25) is 0 Å². The van der Waals surface area contributed by atoms with Crippen molar-refractivity contribution in [1.82, 2.24) is 9.88 Å². The second-order valence-electron chi connectivity index (χ2n) is 6.05. The first kappa shape index (κ1) is 17.5. The number of hydrogen-bond acceptors (Lipinski definition) is 5. The summed E-state index contributed by atoms with van der Waals surface area (Å²) in [5.41, 5.74) is 20.6. The molecule has 2 rings (SSSR count). The number of aryl methyl sites for hydroxylation is 1. The van der Waals surface area contributed by atoms with Crippen LogP contribution in [0.5, 0.6) is 0 Å². The van der Waals surface area contributed by atoms with Gasteiger partial charge in [-0.2, -0.15) is 0 Å². The molecule has 0 aliphatic heterocycles. The van der Waals surface area contributed by atoms with E-state index in [-0.39, 0.29) is 0 Å². The fraction of sp³-hybridized carbons (Fsp3) is 0.500. The lowest BCUT2D eigenvalue weighted by Gasteiger charge is -2.35. The topological polar surface area (TPSA) is 94.2 Å². The molecule has 0 amide bonds. The van der Waals surface area contributed by atoms with Crippen molar-refractivity contribution in [3.8, 4) is 0 Å². The Labute approximate surface area is 139 Å². The van der Waals surface area contributed by atoms with Crippen LogP contribution in [-0.2, 0) is 6.42 Å². The molecule has 5 heteroatoms. The van der Waals surface area contributed by atoms with Gasteiger partial charge in [0.25, 0.3) is 0 Å². The molecule has 1 heterocycles. The predicted molar refractivity (Wildman–Crippen MR) is 95.4 cm³/mol. The highest BCUT2D eigenvalue weighted by Gasteiger charge is 2.26. The van der Waals surface area contributed by atoms with Crippen molar-refractivity contribution in [2.24, 2.45) is 17.2 Å². The van der Waals surface area contributed by atoms with Gasteiger partial charge in [-0.1, -0.05) is 6.07 Å². The van der Waals surface area contributed by atoms with Crippen molar-refractivity contribution in [3.63, 3.8) is 0 Å². The second kappa shape index (κ2) is 9.33. The van der Waals surface area contributed by atoms with Crippen molar-refractivity contribution in [1.29, 1.82) is 0 Å². The van der Waals surface area contributed by atoms with Gasteiger partial charge >= 0.3 is 0 Å². The maximum Gasteiger partial charge on any atom is 0.0607 e. The molecule has 1 aromatic heterocycles. The molecule has 126 valence electrons. The first-order valence-corrected chi connectivity index (χ1v) is 8.47. The van der Waals surface area contributed by atoms with Crippen LogP contribution in [0.15, 0.2) is 42.4 Å². The van der Waals surface area contributed by atoms with Crippen molar-refractivity contribution < 1.29 is 0 Å². The Kier molecular flexibility index (Phi) is 7.10. The molecule has 0 fully saturated rings. The average molecular weight is 315 g/mol. The van der Waals surface area contributed by atoms with E-state index in [1.807, 2.05) is 18.3 Å². The molecule has 0 saturated heterocycles. The Hall–Kier alpha value is -1.85.